The molecule has 1 rings (SSSR count). The van der Waals surface area contributed by atoms with Crippen molar-refractivity contribution in [1.29, 1.82) is 0 Å². The van der Waals surface area contributed by atoms with Crippen molar-refractivity contribution in [2.75, 3.05) is 19.7 Å². The zero-order valence-corrected chi connectivity index (χ0v) is 14.1. The first-order chi connectivity index (χ1) is 12.0. The molecule has 0 aromatic heterocycles. The molecule has 1 heterocycles. The molecule has 0 bridgehead atoms. The molecule has 0 unspecified atom stereocenters. The zero-order valence-electron chi connectivity index (χ0n) is 14.1. The molecule has 0 saturated carbocycles. The molecule has 150 valence electrons. The third-order valence-corrected chi connectivity index (χ3v) is 3.61. The lowest BCUT2D eigenvalue weighted by Gasteiger charge is -2.29. The largest absolute Gasteiger partial charge is 0.490 e. The number of esters is 1. The van der Waals surface area contributed by atoms with Crippen LogP contribution in [0.1, 0.15) is 25.7 Å². The van der Waals surface area contributed by atoms with Gasteiger partial charge in [0.15, 0.2) is 0 Å². The number of carbonyl (C=O) groups excluding carboxylic acids is 1. The van der Waals surface area contributed by atoms with E-state index >= 15 is 0 Å². The highest BCUT2D eigenvalue weighted by Gasteiger charge is 2.38. The monoisotopic (exact) mass is 384 g/mol. The van der Waals surface area contributed by atoms with Crippen LogP contribution in [0.15, 0.2) is 12.7 Å². The topological polar surface area (TPSA) is 130 Å². The second-order valence-electron chi connectivity index (χ2n) is 5.44. The quantitative estimate of drug-likeness (QED) is 0.417. The Balaban J connectivity index is 0.000000758. The van der Waals surface area contributed by atoms with E-state index in [1.165, 1.54) is 6.08 Å². The molecular weight excluding hydrogens is 361 g/mol. The summed E-state index contributed by atoms with van der Waals surface area (Å²) in [6.45, 7) is 4.78. The van der Waals surface area contributed by atoms with Gasteiger partial charge in [-0.25, -0.2) is 4.79 Å². The Kier molecular flexibility index (Phi) is 10.5. The van der Waals surface area contributed by atoms with Gasteiger partial charge >= 0.3 is 24.1 Å². The summed E-state index contributed by atoms with van der Waals surface area (Å²) in [6, 6.07) is -0.558. The highest BCUT2D eigenvalue weighted by Crippen LogP contribution is 2.22. The van der Waals surface area contributed by atoms with Gasteiger partial charge in [0.1, 0.15) is 12.6 Å². The van der Waals surface area contributed by atoms with Gasteiger partial charge < -0.3 is 20.7 Å². The van der Waals surface area contributed by atoms with Crippen molar-refractivity contribution in [2.24, 2.45) is 5.73 Å². The van der Waals surface area contributed by atoms with E-state index in [1.54, 1.807) is 0 Å². The van der Waals surface area contributed by atoms with E-state index in [-0.39, 0.29) is 25.5 Å². The van der Waals surface area contributed by atoms with Gasteiger partial charge in [-0.1, -0.05) is 12.7 Å². The second-order valence-corrected chi connectivity index (χ2v) is 5.44. The van der Waals surface area contributed by atoms with Crippen LogP contribution in [0, 0.1) is 0 Å². The van der Waals surface area contributed by atoms with Crippen LogP contribution in [-0.4, -0.2) is 71.0 Å². The van der Waals surface area contributed by atoms with Gasteiger partial charge in [0.25, 0.3) is 0 Å². The first kappa shape index (κ1) is 23.9. The fourth-order valence-corrected chi connectivity index (χ4v) is 2.43. The van der Waals surface area contributed by atoms with Crippen molar-refractivity contribution in [2.45, 2.75) is 43.9 Å². The second kappa shape index (κ2) is 11.5. The van der Waals surface area contributed by atoms with Gasteiger partial charge in [-0.05, 0) is 25.8 Å². The highest BCUT2D eigenvalue weighted by atomic mass is 19.4. The Morgan fingerprint density at radius 3 is 2.35 bits per heavy atom. The standard InChI is InChI=1S/C13H22N2O4.C2HF3O2/c1-2-8-19-12(16)6-5-11(13(17)18)15-7-3-4-10(15)9-14;3-2(4,5)1(6)7/h2,10-11H,1,3-9,14H2,(H,17,18);(H,6,7)/t10-,11+;/m0./s1. The van der Waals surface area contributed by atoms with Crippen LogP contribution < -0.4 is 5.73 Å². The number of carbonyl (C=O) groups is 3. The molecular formula is C15H23F3N2O6. The summed E-state index contributed by atoms with van der Waals surface area (Å²) in [5.74, 6) is -4.06. The molecule has 2 atom stereocenters. The van der Waals surface area contributed by atoms with E-state index < -0.39 is 30.1 Å². The Labute approximate surface area is 148 Å². The van der Waals surface area contributed by atoms with Crippen molar-refractivity contribution in [3.63, 3.8) is 0 Å². The normalized spacial score (nSPS) is 18.4. The third-order valence-electron chi connectivity index (χ3n) is 3.61. The van der Waals surface area contributed by atoms with Crippen molar-refractivity contribution in [1.82, 2.24) is 4.90 Å². The zero-order chi connectivity index (χ0) is 20.3. The maximum absolute atomic E-state index is 11.4. The Bertz CT molecular complexity index is 498. The lowest BCUT2D eigenvalue weighted by Crippen LogP contribution is -2.47. The van der Waals surface area contributed by atoms with Gasteiger partial charge in [0, 0.05) is 19.0 Å². The summed E-state index contributed by atoms with van der Waals surface area (Å²) in [6.07, 6.45) is -1.38. The Hall–Kier alpha value is -2.14. The molecule has 1 fully saturated rings. The number of hydrogen-bond donors (Lipinski definition) is 3. The van der Waals surface area contributed by atoms with E-state index in [9.17, 15) is 27.9 Å². The average molecular weight is 384 g/mol. The van der Waals surface area contributed by atoms with Gasteiger partial charge in [0.2, 0.25) is 0 Å². The van der Waals surface area contributed by atoms with Crippen LogP contribution in [0.2, 0.25) is 0 Å². The van der Waals surface area contributed by atoms with Crippen LogP contribution in [0.3, 0.4) is 0 Å². The van der Waals surface area contributed by atoms with Crippen LogP contribution >= 0.6 is 0 Å². The summed E-state index contributed by atoms with van der Waals surface area (Å²) >= 11 is 0. The smallest absolute Gasteiger partial charge is 0.480 e. The summed E-state index contributed by atoms with van der Waals surface area (Å²) in [7, 11) is 0. The third kappa shape index (κ3) is 8.81. The van der Waals surface area contributed by atoms with Crippen molar-refractivity contribution in [3.05, 3.63) is 12.7 Å². The van der Waals surface area contributed by atoms with Crippen LogP contribution in [0.25, 0.3) is 0 Å². The van der Waals surface area contributed by atoms with E-state index in [2.05, 4.69) is 6.58 Å². The molecule has 1 saturated heterocycles. The Morgan fingerprint density at radius 1 is 1.35 bits per heavy atom. The molecule has 26 heavy (non-hydrogen) atoms. The summed E-state index contributed by atoms with van der Waals surface area (Å²) < 4.78 is 36.6. The number of nitrogens with zero attached hydrogens (tertiary/aromatic N) is 1. The van der Waals surface area contributed by atoms with Crippen molar-refractivity contribution >= 4 is 17.9 Å². The van der Waals surface area contributed by atoms with Crippen LogP contribution in [0.5, 0.6) is 0 Å². The molecule has 0 aliphatic carbocycles. The van der Waals surface area contributed by atoms with E-state index in [0.29, 0.717) is 6.54 Å². The number of hydrogen-bond acceptors (Lipinski definition) is 6. The molecule has 0 aromatic carbocycles. The molecule has 8 nitrogen and oxygen atoms in total. The highest BCUT2D eigenvalue weighted by molar-refractivity contribution is 5.75. The van der Waals surface area contributed by atoms with Gasteiger partial charge in [-0.15, -0.1) is 0 Å². The minimum Gasteiger partial charge on any atom is -0.480 e. The number of halogens is 3. The number of likely N-dealkylation sites (tertiary alicyclic amines) is 1. The predicted molar refractivity (Wildman–Crippen MR) is 84.3 cm³/mol. The number of ether oxygens (including phenoxy) is 1. The summed E-state index contributed by atoms with van der Waals surface area (Å²) in [4.78, 5) is 33.5. The maximum Gasteiger partial charge on any atom is 0.490 e. The van der Waals surface area contributed by atoms with Gasteiger partial charge in [0.05, 0.1) is 0 Å². The maximum atomic E-state index is 11.4. The number of carboxylic acid groups (broad SMARTS) is 2. The predicted octanol–water partition coefficient (Wildman–Crippen LogP) is 1.01. The van der Waals surface area contributed by atoms with E-state index in [1.807, 2.05) is 4.90 Å². The number of aliphatic carboxylic acids is 2. The van der Waals surface area contributed by atoms with Crippen LogP contribution in [0.4, 0.5) is 13.2 Å². The molecule has 0 amide bonds. The number of alkyl halides is 3. The minimum absolute atomic E-state index is 0.0958. The van der Waals surface area contributed by atoms with E-state index in [0.717, 1.165) is 19.4 Å². The van der Waals surface area contributed by atoms with Crippen LogP contribution in [-0.2, 0) is 19.1 Å². The molecule has 0 radical (unpaired) electrons. The molecule has 11 heteroatoms. The molecule has 1 aliphatic rings. The fourth-order valence-electron chi connectivity index (χ4n) is 2.43. The first-order valence-electron chi connectivity index (χ1n) is 7.79. The first-order valence-corrected chi connectivity index (χ1v) is 7.79. The van der Waals surface area contributed by atoms with Gasteiger partial charge in [-0.3, -0.25) is 14.5 Å². The van der Waals surface area contributed by atoms with E-state index in [4.69, 9.17) is 20.4 Å². The average Bonchev–Trinajstić information content (AvgIpc) is 3.00. The lowest BCUT2D eigenvalue weighted by atomic mass is 10.1. The molecule has 4 N–H and O–H groups in total. The fraction of sp³-hybridized carbons (Fsp3) is 0.667. The van der Waals surface area contributed by atoms with Crippen molar-refractivity contribution < 1.29 is 42.5 Å². The van der Waals surface area contributed by atoms with Crippen molar-refractivity contribution in [3.8, 4) is 0 Å². The van der Waals surface area contributed by atoms with Gasteiger partial charge in [-0.2, -0.15) is 13.2 Å². The molecule has 1 aliphatic heterocycles. The number of rotatable bonds is 8. The SMILES string of the molecule is C=CCOC(=O)CC[C@H](C(=O)O)N1CCC[C@H]1CN.O=C(O)C(F)(F)F. The minimum atomic E-state index is -5.08. The molecule has 0 spiro atoms. The number of nitrogens with two attached hydrogens (primary N) is 1. The Morgan fingerprint density at radius 2 is 1.92 bits per heavy atom. The summed E-state index contributed by atoms with van der Waals surface area (Å²) in [5.41, 5.74) is 5.65. The summed E-state index contributed by atoms with van der Waals surface area (Å²) in [5, 5.41) is 16.4. The lowest BCUT2D eigenvalue weighted by molar-refractivity contribution is -0.192. The molecule has 0 aromatic rings. The number of carboxylic acids is 2.